The molecule has 1 atom stereocenters. The number of alkyl halides is 1. The minimum atomic E-state index is -0.183. The second kappa shape index (κ2) is 6.62. The topological polar surface area (TPSA) is 17.8 Å². The van der Waals surface area contributed by atoms with E-state index in [-0.39, 0.29) is 11.2 Å². The maximum absolute atomic E-state index is 13.9. The molecule has 2 heterocycles. The summed E-state index contributed by atoms with van der Waals surface area (Å²) in [6.07, 6.45) is 2.43. The van der Waals surface area contributed by atoms with Gasteiger partial charge in [0.25, 0.3) is 0 Å². The number of halogens is 3. The molecule has 21 heavy (non-hydrogen) atoms. The van der Waals surface area contributed by atoms with Gasteiger partial charge in [-0.15, -0.1) is 11.6 Å². The molecule has 0 aliphatic carbocycles. The normalized spacial score (nSPS) is 18.3. The van der Waals surface area contributed by atoms with Gasteiger partial charge in [-0.05, 0) is 65.8 Å². The van der Waals surface area contributed by atoms with Gasteiger partial charge in [-0.25, -0.2) is 9.37 Å². The van der Waals surface area contributed by atoms with Gasteiger partial charge in [0.1, 0.15) is 11.6 Å². The monoisotopic (exact) mass is 438 g/mol. The third kappa shape index (κ3) is 3.34. The highest BCUT2D eigenvalue weighted by molar-refractivity contribution is 14.1. The predicted octanol–water partition coefficient (Wildman–Crippen LogP) is 5.22. The molecule has 1 saturated heterocycles. The molecule has 0 N–H and O–H groups in total. The number of nitrogens with zero attached hydrogens (tertiary/aromatic N) is 2. The Morgan fingerprint density at radius 3 is 2.86 bits per heavy atom. The molecule has 0 radical (unpaired) electrons. The first-order valence-corrected chi connectivity index (χ1v) is 9.80. The SMILES string of the molecule is CC(Cl)c1nc2cc(I)c(F)cc2n1CC1CCSCC1. The molecule has 0 amide bonds. The lowest BCUT2D eigenvalue weighted by atomic mass is 10.0. The molecule has 1 fully saturated rings. The highest BCUT2D eigenvalue weighted by Gasteiger charge is 2.21. The lowest BCUT2D eigenvalue weighted by Gasteiger charge is -2.23. The summed E-state index contributed by atoms with van der Waals surface area (Å²) in [6.45, 7) is 2.82. The van der Waals surface area contributed by atoms with Crippen LogP contribution in [-0.2, 0) is 6.54 Å². The Kier molecular flexibility index (Phi) is 5.01. The Labute approximate surface area is 147 Å². The molecule has 1 unspecified atom stereocenters. The van der Waals surface area contributed by atoms with Crippen LogP contribution < -0.4 is 0 Å². The van der Waals surface area contributed by atoms with Crippen LogP contribution in [0.4, 0.5) is 4.39 Å². The average molecular weight is 439 g/mol. The first-order chi connectivity index (χ1) is 10.1. The van der Waals surface area contributed by atoms with E-state index >= 15 is 0 Å². The van der Waals surface area contributed by atoms with Gasteiger partial charge in [-0.3, -0.25) is 0 Å². The van der Waals surface area contributed by atoms with E-state index in [4.69, 9.17) is 11.6 Å². The predicted molar refractivity (Wildman–Crippen MR) is 96.7 cm³/mol. The summed E-state index contributed by atoms with van der Waals surface area (Å²) in [5, 5.41) is -0.170. The number of thioether (sulfide) groups is 1. The van der Waals surface area contributed by atoms with Gasteiger partial charge < -0.3 is 4.57 Å². The molecular formula is C15H17ClFIN2S. The first kappa shape index (κ1) is 15.9. The molecule has 6 heteroatoms. The number of benzene rings is 1. The van der Waals surface area contributed by atoms with E-state index in [0.717, 1.165) is 23.4 Å². The van der Waals surface area contributed by atoms with Gasteiger partial charge in [0.05, 0.1) is 20.0 Å². The van der Waals surface area contributed by atoms with Crippen LogP contribution in [-0.4, -0.2) is 21.1 Å². The Balaban J connectivity index is 2.04. The molecule has 2 aromatic rings. The van der Waals surface area contributed by atoms with E-state index in [2.05, 4.69) is 9.55 Å². The number of aromatic nitrogens is 2. The molecule has 1 aliphatic heterocycles. The third-order valence-corrected chi connectivity index (χ3v) is 6.03. The van der Waals surface area contributed by atoms with E-state index in [9.17, 15) is 4.39 Å². The largest absolute Gasteiger partial charge is 0.326 e. The summed E-state index contributed by atoms with van der Waals surface area (Å²) in [7, 11) is 0. The number of rotatable bonds is 3. The van der Waals surface area contributed by atoms with Crippen LogP contribution in [0.25, 0.3) is 11.0 Å². The van der Waals surface area contributed by atoms with E-state index < -0.39 is 0 Å². The third-order valence-electron chi connectivity index (χ3n) is 3.96. The fourth-order valence-corrected chi connectivity index (χ4v) is 4.64. The van der Waals surface area contributed by atoms with Gasteiger partial charge in [0.2, 0.25) is 0 Å². The molecule has 1 aromatic heterocycles. The van der Waals surface area contributed by atoms with Crippen molar-refractivity contribution in [3.63, 3.8) is 0 Å². The molecule has 114 valence electrons. The zero-order valence-electron chi connectivity index (χ0n) is 11.8. The fraction of sp³-hybridized carbons (Fsp3) is 0.533. The van der Waals surface area contributed by atoms with Crippen LogP contribution in [0.5, 0.6) is 0 Å². The van der Waals surface area contributed by atoms with Gasteiger partial charge in [0.15, 0.2) is 0 Å². The molecular weight excluding hydrogens is 422 g/mol. The van der Waals surface area contributed by atoms with Crippen LogP contribution >= 0.6 is 46.0 Å². The highest BCUT2D eigenvalue weighted by atomic mass is 127. The van der Waals surface area contributed by atoms with Crippen molar-refractivity contribution in [1.29, 1.82) is 0 Å². The van der Waals surface area contributed by atoms with E-state index in [1.165, 1.54) is 24.3 Å². The van der Waals surface area contributed by atoms with Crippen molar-refractivity contribution in [3.05, 3.63) is 27.3 Å². The van der Waals surface area contributed by atoms with Crippen molar-refractivity contribution < 1.29 is 4.39 Å². The smallest absolute Gasteiger partial charge is 0.138 e. The second-order valence-corrected chi connectivity index (χ2v) is 8.55. The zero-order valence-corrected chi connectivity index (χ0v) is 15.5. The summed E-state index contributed by atoms with van der Waals surface area (Å²) in [6, 6.07) is 3.41. The maximum Gasteiger partial charge on any atom is 0.138 e. The zero-order chi connectivity index (χ0) is 15.0. The summed E-state index contributed by atoms with van der Waals surface area (Å²) in [4.78, 5) is 4.63. The summed E-state index contributed by atoms with van der Waals surface area (Å²) < 4.78 is 16.7. The van der Waals surface area contributed by atoms with Crippen molar-refractivity contribution in [1.82, 2.24) is 9.55 Å². The Morgan fingerprint density at radius 1 is 1.48 bits per heavy atom. The lowest BCUT2D eigenvalue weighted by molar-refractivity contribution is 0.415. The van der Waals surface area contributed by atoms with E-state index in [0.29, 0.717) is 9.49 Å². The molecule has 0 bridgehead atoms. The quantitative estimate of drug-likeness (QED) is 0.483. The van der Waals surface area contributed by atoms with Crippen molar-refractivity contribution >= 4 is 57.0 Å². The molecule has 1 aromatic carbocycles. The number of hydrogen-bond acceptors (Lipinski definition) is 2. The van der Waals surface area contributed by atoms with E-state index in [1.807, 2.05) is 41.3 Å². The van der Waals surface area contributed by atoms with E-state index in [1.54, 1.807) is 12.1 Å². The second-order valence-electron chi connectivity index (χ2n) is 5.51. The average Bonchev–Trinajstić information content (AvgIpc) is 2.79. The van der Waals surface area contributed by atoms with Crippen molar-refractivity contribution in [2.75, 3.05) is 11.5 Å². The standard InChI is InChI=1S/C15H17ClFIN2S/c1-9(16)15-19-13-7-12(18)11(17)6-14(13)20(15)8-10-2-4-21-5-3-10/h6-7,9-10H,2-5,8H2,1H3. The lowest BCUT2D eigenvalue weighted by Crippen LogP contribution is -2.18. The Bertz CT molecular complexity index is 653. The fourth-order valence-electron chi connectivity index (χ4n) is 2.82. The molecule has 2 nitrogen and oxygen atoms in total. The summed E-state index contributed by atoms with van der Waals surface area (Å²) in [5.74, 6) is 3.74. The minimum absolute atomic E-state index is 0.170. The molecule has 1 aliphatic rings. The Morgan fingerprint density at radius 2 is 2.19 bits per heavy atom. The molecule has 0 saturated carbocycles. The summed E-state index contributed by atoms with van der Waals surface area (Å²) >= 11 is 10.3. The highest BCUT2D eigenvalue weighted by Crippen LogP contribution is 2.31. The maximum atomic E-state index is 13.9. The summed E-state index contributed by atoms with van der Waals surface area (Å²) in [5.41, 5.74) is 1.71. The number of imidazole rings is 1. The Hall–Kier alpha value is -0.0100. The van der Waals surface area contributed by atoms with Crippen LogP contribution in [0.1, 0.15) is 31.0 Å². The van der Waals surface area contributed by atoms with Crippen molar-refractivity contribution in [2.45, 2.75) is 31.7 Å². The van der Waals surface area contributed by atoms with Gasteiger partial charge >= 0.3 is 0 Å². The van der Waals surface area contributed by atoms with Crippen LogP contribution in [0.2, 0.25) is 0 Å². The van der Waals surface area contributed by atoms with Crippen LogP contribution in [0.3, 0.4) is 0 Å². The number of hydrogen-bond donors (Lipinski definition) is 0. The van der Waals surface area contributed by atoms with Crippen LogP contribution in [0, 0.1) is 15.3 Å². The minimum Gasteiger partial charge on any atom is -0.326 e. The first-order valence-electron chi connectivity index (χ1n) is 7.13. The van der Waals surface area contributed by atoms with Crippen LogP contribution in [0.15, 0.2) is 12.1 Å². The molecule has 3 rings (SSSR count). The van der Waals surface area contributed by atoms with Gasteiger partial charge in [-0.1, -0.05) is 0 Å². The van der Waals surface area contributed by atoms with Crippen molar-refractivity contribution in [2.24, 2.45) is 5.92 Å². The van der Waals surface area contributed by atoms with Crippen molar-refractivity contribution in [3.8, 4) is 0 Å². The van der Waals surface area contributed by atoms with Gasteiger partial charge in [-0.2, -0.15) is 11.8 Å². The van der Waals surface area contributed by atoms with Gasteiger partial charge in [0, 0.05) is 12.6 Å². The molecule has 0 spiro atoms. The number of fused-ring (bicyclic) bond motifs is 1.